The van der Waals surface area contributed by atoms with Gasteiger partial charge in [0.1, 0.15) is 6.61 Å². The summed E-state index contributed by atoms with van der Waals surface area (Å²) in [5.41, 5.74) is 5.38. The molecule has 0 bridgehead atoms. The quantitative estimate of drug-likeness (QED) is 0.0264. The van der Waals surface area contributed by atoms with Crippen molar-refractivity contribution in [2.45, 2.75) is 238 Å². The van der Waals surface area contributed by atoms with E-state index in [0.717, 1.165) is 154 Å². The van der Waals surface area contributed by atoms with Gasteiger partial charge in [-0.1, -0.05) is 261 Å². The Morgan fingerprint density at radius 1 is 0.370 bits per heavy atom. The van der Waals surface area contributed by atoms with Gasteiger partial charge in [0, 0.05) is 19.4 Å². The van der Waals surface area contributed by atoms with E-state index in [1.165, 1.54) is 38.5 Å². The molecule has 0 saturated carbocycles. The predicted molar refractivity (Wildman–Crippen MR) is 348 cm³/mol. The Balaban J connectivity index is 3.99. The van der Waals surface area contributed by atoms with Crippen LogP contribution >= 0.6 is 7.82 Å². The first kappa shape index (κ1) is 76.4. The third-order valence-electron chi connectivity index (χ3n) is 12.6. The maximum Gasteiger partial charge on any atom is 0.472 e. The lowest BCUT2D eigenvalue weighted by atomic mass is 10.0. The molecule has 81 heavy (non-hydrogen) atoms. The second-order valence-electron chi connectivity index (χ2n) is 20.2. The molecule has 0 aromatic heterocycles. The summed E-state index contributed by atoms with van der Waals surface area (Å²) < 4.78 is 33.0. The molecule has 0 aliphatic carbocycles. The van der Waals surface area contributed by atoms with Crippen molar-refractivity contribution in [3.05, 3.63) is 170 Å². The zero-order valence-corrected chi connectivity index (χ0v) is 51.8. The first-order valence-corrected chi connectivity index (χ1v) is 33.1. The first-order valence-electron chi connectivity index (χ1n) is 31.6. The summed E-state index contributed by atoms with van der Waals surface area (Å²) in [6, 6.07) is 0. The van der Waals surface area contributed by atoms with Crippen LogP contribution in [-0.4, -0.2) is 49.3 Å². The molecule has 0 aliphatic rings. The van der Waals surface area contributed by atoms with E-state index in [1.54, 1.807) is 0 Å². The molecule has 0 fully saturated rings. The SMILES string of the molecule is CC/C=C\C/C=C\C/C=C\C/C=C\C/C=C\C/C=C\C/C=C\C/C=C\C/C=C\C/C=C\CCCCCCCCCCCCC(=O)OC(COC(=O)CCCCCCCC/C=C\C/C=C\C/C=C\C/C=C\CC)COP(=O)(O)OCCN. The van der Waals surface area contributed by atoms with Crippen molar-refractivity contribution in [1.29, 1.82) is 0 Å². The lowest BCUT2D eigenvalue weighted by Crippen LogP contribution is -2.29. The summed E-state index contributed by atoms with van der Waals surface area (Å²) in [4.78, 5) is 35.2. The van der Waals surface area contributed by atoms with Crippen molar-refractivity contribution in [2.75, 3.05) is 26.4 Å². The van der Waals surface area contributed by atoms with Crippen LogP contribution in [0.25, 0.3) is 0 Å². The summed E-state index contributed by atoms with van der Waals surface area (Å²) in [6.07, 6.45) is 95.6. The number of rotatable bonds is 57. The third-order valence-corrected chi connectivity index (χ3v) is 13.6. The first-order chi connectivity index (χ1) is 39.8. The predicted octanol–water partition coefficient (Wildman–Crippen LogP) is 20.6. The Morgan fingerprint density at radius 2 is 0.642 bits per heavy atom. The molecule has 0 rings (SSSR count). The highest BCUT2D eigenvalue weighted by Gasteiger charge is 2.26. The minimum absolute atomic E-state index is 0.0421. The molecule has 0 aliphatic heterocycles. The summed E-state index contributed by atoms with van der Waals surface area (Å²) in [5.74, 6) is -0.860. The minimum Gasteiger partial charge on any atom is -0.462 e. The second-order valence-corrected chi connectivity index (χ2v) is 21.6. The molecule has 10 heteroatoms. The van der Waals surface area contributed by atoms with Crippen LogP contribution in [-0.2, 0) is 32.7 Å². The minimum atomic E-state index is -4.41. The van der Waals surface area contributed by atoms with Crippen molar-refractivity contribution < 1.29 is 37.6 Å². The van der Waals surface area contributed by atoms with Gasteiger partial charge in [0.05, 0.1) is 13.2 Å². The van der Waals surface area contributed by atoms with Gasteiger partial charge in [-0.2, -0.15) is 0 Å². The van der Waals surface area contributed by atoms with Gasteiger partial charge in [0.2, 0.25) is 0 Å². The third kappa shape index (κ3) is 64.4. The standard InChI is InChI=1S/C71H114NO8P/c1-3-5-7-9-11-13-15-17-19-21-23-24-25-26-27-28-29-30-31-32-33-34-35-36-37-38-39-40-41-42-43-44-46-48-50-52-54-56-58-60-62-64-71(74)80-69(68-79-81(75,76)78-66-65-72)67-77-70(73)63-61-59-57-55-53-51-49-47-45-22-20-18-16-14-12-10-8-6-4-2/h5-8,11-14,17-20,23-24,26-27,29-30,32-33,35-36,38-39,41-42,45,47,69H,3-4,9-10,15-16,21-22,25,28,31,34,37,40,43-44,46,48-68,72H2,1-2H3,(H,75,76)/b7-5-,8-6-,13-11-,14-12-,19-17-,20-18-,24-23-,27-26-,30-29-,33-32-,36-35-,39-38-,42-41-,47-45-. The van der Waals surface area contributed by atoms with Crippen molar-refractivity contribution in [2.24, 2.45) is 5.73 Å². The molecule has 0 aromatic rings. The number of esters is 2. The number of hydrogen-bond acceptors (Lipinski definition) is 8. The number of unbranched alkanes of at least 4 members (excludes halogenated alkanes) is 16. The molecule has 0 saturated heterocycles. The highest BCUT2D eigenvalue weighted by atomic mass is 31.2. The Bertz CT molecular complexity index is 1930. The van der Waals surface area contributed by atoms with Gasteiger partial charge < -0.3 is 20.1 Å². The average Bonchev–Trinajstić information content (AvgIpc) is 3.46. The van der Waals surface area contributed by atoms with Crippen LogP contribution in [0, 0.1) is 0 Å². The molecule has 0 amide bonds. The highest BCUT2D eigenvalue weighted by molar-refractivity contribution is 7.47. The van der Waals surface area contributed by atoms with Gasteiger partial charge in [-0.3, -0.25) is 18.6 Å². The zero-order chi connectivity index (χ0) is 58.7. The molecule has 456 valence electrons. The van der Waals surface area contributed by atoms with Gasteiger partial charge in [0.25, 0.3) is 0 Å². The maximum atomic E-state index is 12.7. The van der Waals surface area contributed by atoms with E-state index in [4.69, 9.17) is 24.3 Å². The van der Waals surface area contributed by atoms with Crippen LogP contribution in [0.1, 0.15) is 232 Å². The molecule has 0 heterocycles. The van der Waals surface area contributed by atoms with Gasteiger partial charge in [0.15, 0.2) is 6.10 Å². The monoisotopic (exact) mass is 1140 g/mol. The van der Waals surface area contributed by atoms with E-state index >= 15 is 0 Å². The molecule has 0 radical (unpaired) electrons. The summed E-state index contributed by atoms with van der Waals surface area (Å²) in [6.45, 7) is 3.48. The van der Waals surface area contributed by atoms with Crippen LogP contribution in [0.3, 0.4) is 0 Å². The van der Waals surface area contributed by atoms with Gasteiger partial charge >= 0.3 is 19.8 Å². The van der Waals surface area contributed by atoms with Crippen LogP contribution in [0.5, 0.6) is 0 Å². The molecule has 9 nitrogen and oxygen atoms in total. The van der Waals surface area contributed by atoms with Crippen LogP contribution in [0.2, 0.25) is 0 Å². The van der Waals surface area contributed by atoms with Crippen LogP contribution in [0.15, 0.2) is 170 Å². The summed E-state index contributed by atoms with van der Waals surface area (Å²) >= 11 is 0. The Hall–Kier alpha value is -4.63. The van der Waals surface area contributed by atoms with E-state index in [2.05, 4.69) is 184 Å². The molecule has 0 spiro atoms. The molecule has 0 aromatic carbocycles. The van der Waals surface area contributed by atoms with Crippen molar-refractivity contribution >= 4 is 19.8 Å². The Labute approximate surface area is 495 Å². The summed E-state index contributed by atoms with van der Waals surface area (Å²) in [7, 11) is -4.41. The van der Waals surface area contributed by atoms with Gasteiger partial charge in [-0.25, -0.2) is 4.57 Å². The molecular formula is C71H114NO8P. The van der Waals surface area contributed by atoms with Gasteiger partial charge in [-0.15, -0.1) is 0 Å². The number of allylic oxidation sites excluding steroid dienone is 28. The fraction of sp³-hybridized carbons (Fsp3) is 0.577. The highest BCUT2D eigenvalue weighted by Crippen LogP contribution is 2.43. The van der Waals surface area contributed by atoms with Crippen molar-refractivity contribution in [3.63, 3.8) is 0 Å². The lowest BCUT2D eigenvalue weighted by Gasteiger charge is -2.19. The van der Waals surface area contributed by atoms with Gasteiger partial charge in [-0.05, 0) is 128 Å². The average molecular weight is 1140 g/mol. The molecule has 2 atom stereocenters. The van der Waals surface area contributed by atoms with E-state index in [0.29, 0.717) is 12.8 Å². The molecular weight excluding hydrogens is 1030 g/mol. The fourth-order valence-electron chi connectivity index (χ4n) is 8.01. The normalized spacial score (nSPS) is 14.2. The van der Waals surface area contributed by atoms with E-state index < -0.39 is 32.5 Å². The van der Waals surface area contributed by atoms with E-state index in [-0.39, 0.29) is 32.6 Å². The fourth-order valence-corrected chi connectivity index (χ4v) is 8.77. The second kappa shape index (κ2) is 64.5. The smallest absolute Gasteiger partial charge is 0.462 e. The molecule has 2 unspecified atom stereocenters. The van der Waals surface area contributed by atoms with Crippen LogP contribution in [0.4, 0.5) is 0 Å². The van der Waals surface area contributed by atoms with Crippen LogP contribution < -0.4 is 5.73 Å². The lowest BCUT2D eigenvalue weighted by molar-refractivity contribution is -0.161. The maximum absolute atomic E-state index is 12.7. The number of hydrogen-bond donors (Lipinski definition) is 2. The number of carbonyl (C=O) groups excluding carboxylic acids is 2. The topological polar surface area (TPSA) is 134 Å². The number of ether oxygens (including phenoxy) is 2. The van der Waals surface area contributed by atoms with E-state index in [1.807, 2.05) is 0 Å². The zero-order valence-electron chi connectivity index (χ0n) is 50.9. The summed E-state index contributed by atoms with van der Waals surface area (Å²) in [5, 5.41) is 0. The van der Waals surface area contributed by atoms with Crippen molar-refractivity contribution in [3.8, 4) is 0 Å². The van der Waals surface area contributed by atoms with Crippen molar-refractivity contribution in [1.82, 2.24) is 0 Å². The number of nitrogens with two attached hydrogens (primary N) is 1. The van der Waals surface area contributed by atoms with E-state index in [9.17, 15) is 19.0 Å². The number of carbonyl (C=O) groups is 2. The largest absolute Gasteiger partial charge is 0.472 e. The molecule has 3 N–H and O–H groups in total. The Morgan fingerprint density at radius 3 is 0.951 bits per heavy atom. The number of phosphoric acid groups is 1. The number of phosphoric ester groups is 1. The Kier molecular flexibility index (Phi) is 60.8.